The van der Waals surface area contributed by atoms with Crippen molar-refractivity contribution in [1.82, 2.24) is 16.0 Å². The maximum Gasteiger partial charge on any atom is 0.221 e. The number of nitrogens with one attached hydrogen (secondary N) is 3. The molecule has 2 atom stereocenters. The Morgan fingerprint density at radius 3 is 2.95 bits per heavy atom. The highest BCUT2D eigenvalue weighted by molar-refractivity contribution is 5.76. The fraction of sp³-hybridized carbons (Fsp3) is 0.929. The summed E-state index contributed by atoms with van der Waals surface area (Å²) in [6.45, 7) is 5.25. The van der Waals surface area contributed by atoms with Crippen LogP contribution in [0.3, 0.4) is 0 Å². The molecule has 0 saturated carbocycles. The van der Waals surface area contributed by atoms with E-state index in [4.69, 9.17) is 4.74 Å². The van der Waals surface area contributed by atoms with E-state index in [-0.39, 0.29) is 5.91 Å². The van der Waals surface area contributed by atoms with Gasteiger partial charge in [0, 0.05) is 38.7 Å². The summed E-state index contributed by atoms with van der Waals surface area (Å²) in [5.41, 5.74) is 0. The average Bonchev–Trinajstić information content (AvgIpc) is 2.40. The van der Waals surface area contributed by atoms with Gasteiger partial charge in [-0.25, -0.2) is 0 Å². The Bertz CT molecular complexity index is 243. The Hall–Kier alpha value is -0.650. The lowest BCUT2D eigenvalue weighted by atomic mass is 9.99. The second-order valence-electron chi connectivity index (χ2n) is 5.33. The van der Waals surface area contributed by atoms with Crippen LogP contribution in [0.4, 0.5) is 0 Å². The minimum Gasteiger partial charge on any atom is -0.383 e. The van der Waals surface area contributed by atoms with Crippen LogP contribution in [0, 0.1) is 0 Å². The van der Waals surface area contributed by atoms with E-state index >= 15 is 0 Å². The fourth-order valence-electron chi connectivity index (χ4n) is 2.45. The second kappa shape index (κ2) is 10.2. The van der Waals surface area contributed by atoms with Gasteiger partial charge in [-0.05, 0) is 32.7 Å². The van der Waals surface area contributed by atoms with Crippen molar-refractivity contribution in [2.24, 2.45) is 0 Å². The lowest BCUT2D eigenvalue weighted by Gasteiger charge is -2.26. The molecule has 0 aliphatic carbocycles. The number of amides is 1. The summed E-state index contributed by atoms with van der Waals surface area (Å²) in [6.07, 6.45) is 5.60. The molecular formula is C14H29N3O2. The van der Waals surface area contributed by atoms with Crippen LogP contribution in [-0.4, -0.2) is 51.3 Å². The molecule has 1 amide bonds. The third-order valence-electron chi connectivity index (χ3n) is 3.52. The predicted molar refractivity (Wildman–Crippen MR) is 77.2 cm³/mol. The van der Waals surface area contributed by atoms with Gasteiger partial charge in [0.15, 0.2) is 0 Å². The third kappa shape index (κ3) is 8.18. The number of hydrogen-bond acceptors (Lipinski definition) is 4. The van der Waals surface area contributed by atoms with Crippen LogP contribution < -0.4 is 16.0 Å². The van der Waals surface area contributed by atoms with Crippen molar-refractivity contribution < 1.29 is 9.53 Å². The number of rotatable bonds is 9. The largest absolute Gasteiger partial charge is 0.383 e. The van der Waals surface area contributed by atoms with Gasteiger partial charge in [0.25, 0.3) is 0 Å². The number of hydrogen-bond donors (Lipinski definition) is 3. The van der Waals surface area contributed by atoms with E-state index in [0.717, 1.165) is 19.5 Å². The van der Waals surface area contributed by atoms with Crippen LogP contribution in [0.5, 0.6) is 0 Å². The summed E-state index contributed by atoms with van der Waals surface area (Å²) in [4.78, 5) is 11.5. The number of carbonyl (C=O) groups excluding carboxylic acids is 1. The van der Waals surface area contributed by atoms with Gasteiger partial charge in [0.1, 0.15) is 0 Å². The number of carbonyl (C=O) groups is 1. The first-order valence-electron chi connectivity index (χ1n) is 7.44. The fourth-order valence-corrected chi connectivity index (χ4v) is 2.45. The molecule has 0 aromatic heterocycles. The summed E-state index contributed by atoms with van der Waals surface area (Å²) in [7, 11) is 1.63. The third-order valence-corrected chi connectivity index (χ3v) is 3.52. The predicted octanol–water partition coefficient (Wildman–Crippen LogP) is 0.649. The lowest BCUT2D eigenvalue weighted by molar-refractivity contribution is -0.121. The van der Waals surface area contributed by atoms with Crippen molar-refractivity contribution in [1.29, 1.82) is 0 Å². The summed E-state index contributed by atoms with van der Waals surface area (Å²) in [5.74, 6) is 0.0903. The Morgan fingerprint density at radius 1 is 1.42 bits per heavy atom. The number of piperidine rings is 1. The van der Waals surface area contributed by atoms with Crippen LogP contribution >= 0.6 is 0 Å². The van der Waals surface area contributed by atoms with Gasteiger partial charge in [-0.1, -0.05) is 6.42 Å². The van der Waals surface area contributed by atoms with E-state index in [1.165, 1.54) is 19.3 Å². The zero-order chi connectivity index (χ0) is 13.9. The van der Waals surface area contributed by atoms with Crippen molar-refractivity contribution in [2.75, 3.05) is 33.4 Å². The van der Waals surface area contributed by atoms with Gasteiger partial charge in [0.05, 0.1) is 6.61 Å². The molecule has 1 rings (SSSR count). The Labute approximate surface area is 116 Å². The maximum atomic E-state index is 11.5. The monoisotopic (exact) mass is 271 g/mol. The molecule has 0 radical (unpaired) electrons. The van der Waals surface area contributed by atoms with Gasteiger partial charge in [0.2, 0.25) is 5.91 Å². The van der Waals surface area contributed by atoms with Crippen LogP contribution in [0.2, 0.25) is 0 Å². The normalized spacial score (nSPS) is 21.1. The molecule has 0 aromatic rings. The number of methoxy groups -OCH3 is 1. The van der Waals surface area contributed by atoms with Gasteiger partial charge >= 0.3 is 0 Å². The van der Waals surface area contributed by atoms with Crippen molar-refractivity contribution in [3.8, 4) is 0 Å². The topological polar surface area (TPSA) is 62.4 Å². The van der Waals surface area contributed by atoms with Crippen molar-refractivity contribution in [2.45, 2.75) is 51.1 Å². The van der Waals surface area contributed by atoms with Crippen LogP contribution in [-0.2, 0) is 9.53 Å². The Balaban J connectivity index is 1.99. The highest BCUT2D eigenvalue weighted by Crippen LogP contribution is 2.11. The van der Waals surface area contributed by atoms with E-state index in [9.17, 15) is 4.79 Å². The highest BCUT2D eigenvalue weighted by atomic mass is 16.5. The van der Waals surface area contributed by atoms with Gasteiger partial charge in [-0.15, -0.1) is 0 Å². The molecule has 112 valence electrons. The first-order valence-corrected chi connectivity index (χ1v) is 7.44. The molecule has 1 aliphatic rings. The van der Waals surface area contributed by atoms with E-state index < -0.39 is 0 Å². The van der Waals surface area contributed by atoms with Gasteiger partial charge in [-0.3, -0.25) is 4.79 Å². The first-order chi connectivity index (χ1) is 9.22. The minimum atomic E-state index is 0.0903. The lowest BCUT2D eigenvalue weighted by Crippen LogP contribution is -2.40. The Morgan fingerprint density at radius 2 is 2.26 bits per heavy atom. The zero-order valence-corrected chi connectivity index (χ0v) is 12.3. The van der Waals surface area contributed by atoms with Crippen LogP contribution in [0.1, 0.15) is 39.0 Å². The first kappa shape index (κ1) is 16.4. The highest BCUT2D eigenvalue weighted by Gasteiger charge is 2.15. The van der Waals surface area contributed by atoms with Crippen molar-refractivity contribution in [3.63, 3.8) is 0 Å². The standard InChI is InChI=1S/C14H29N3O2/c1-12(11-13-5-3-4-7-16-13)15-8-6-14(18)17-9-10-19-2/h12-13,15-16H,3-11H2,1-2H3,(H,17,18). The van der Waals surface area contributed by atoms with E-state index in [1.807, 2.05) is 0 Å². The summed E-state index contributed by atoms with van der Waals surface area (Å²) in [5, 5.41) is 9.79. The maximum absolute atomic E-state index is 11.5. The van der Waals surface area contributed by atoms with E-state index in [2.05, 4.69) is 22.9 Å². The molecule has 0 aromatic carbocycles. The summed E-state index contributed by atoms with van der Waals surface area (Å²) in [6, 6.07) is 1.11. The molecular weight excluding hydrogens is 242 g/mol. The van der Waals surface area contributed by atoms with Crippen LogP contribution in [0.15, 0.2) is 0 Å². The molecule has 1 heterocycles. The van der Waals surface area contributed by atoms with Gasteiger partial charge in [-0.2, -0.15) is 0 Å². The van der Waals surface area contributed by atoms with E-state index in [0.29, 0.717) is 31.7 Å². The minimum absolute atomic E-state index is 0.0903. The molecule has 5 heteroatoms. The molecule has 0 spiro atoms. The quantitative estimate of drug-likeness (QED) is 0.539. The Kier molecular flexibility index (Phi) is 8.79. The van der Waals surface area contributed by atoms with Crippen LogP contribution in [0.25, 0.3) is 0 Å². The summed E-state index contributed by atoms with van der Waals surface area (Å²) >= 11 is 0. The average molecular weight is 271 g/mol. The molecule has 0 bridgehead atoms. The van der Waals surface area contributed by atoms with E-state index in [1.54, 1.807) is 7.11 Å². The SMILES string of the molecule is COCCNC(=O)CCNC(C)CC1CCCCN1. The molecule has 5 nitrogen and oxygen atoms in total. The summed E-state index contributed by atoms with van der Waals surface area (Å²) < 4.78 is 4.88. The second-order valence-corrected chi connectivity index (χ2v) is 5.33. The number of ether oxygens (including phenoxy) is 1. The van der Waals surface area contributed by atoms with Crippen molar-refractivity contribution >= 4 is 5.91 Å². The van der Waals surface area contributed by atoms with Gasteiger partial charge < -0.3 is 20.7 Å². The smallest absolute Gasteiger partial charge is 0.221 e. The zero-order valence-electron chi connectivity index (χ0n) is 12.3. The molecule has 1 saturated heterocycles. The molecule has 2 unspecified atom stereocenters. The molecule has 3 N–H and O–H groups in total. The van der Waals surface area contributed by atoms with Crippen molar-refractivity contribution in [3.05, 3.63) is 0 Å². The molecule has 19 heavy (non-hydrogen) atoms. The molecule has 1 fully saturated rings. The molecule has 1 aliphatic heterocycles.